The molecule has 4 heterocycles. The van der Waals surface area contributed by atoms with Gasteiger partial charge in [0.05, 0.1) is 11.9 Å². The van der Waals surface area contributed by atoms with Crippen LogP contribution in [0.2, 0.25) is 0 Å². The Morgan fingerprint density at radius 1 is 1.14 bits per heavy atom. The topological polar surface area (TPSA) is 76.2 Å². The fourth-order valence-electron chi connectivity index (χ4n) is 8.19. The Morgan fingerprint density at radius 3 is 2.63 bits per heavy atom. The standard InChI is InChI=1S/C23H30N2OS.C13H26O2.Ir/c1-13-9-10-15-14-6-4-7-16(22(14)26-23(15)24-13)18-11-12-20-21(25-18)17-5-2-3-8-19(17)27-20;1-5-10(6-2)12(14)9-13(15)11(7-3)8-4;/h7,12,14-15,17-19,21,23H,2-6,8-11H2,1H3;9-12,14-15H,5-8H2,1-4H3;/q-2;;/b;13-9-;/t14-,15?,17?,18+,19?,21?,23?;12-;/m01./s1/i1D3;;. The second-order valence-corrected chi connectivity index (χ2v) is 14.5. The quantitative estimate of drug-likeness (QED) is 0.190. The van der Waals surface area contributed by atoms with Crippen molar-refractivity contribution in [3.8, 4) is 0 Å². The first kappa shape index (κ1) is 30.9. The number of hydrogen-bond donors (Lipinski definition) is 2. The van der Waals surface area contributed by atoms with E-state index in [2.05, 4.69) is 56.9 Å². The van der Waals surface area contributed by atoms with E-state index in [4.69, 9.17) is 14.2 Å². The molecule has 6 aliphatic rings. The van der Waals surface area contributed by atoms with Crippen molar-refractivity contribution >= 4 is 17.5 Å². The third-order valence-corrected chi connectivity index (χ3v) is 12.4. The van der Waals surface area contributed by atoms with Gasteiger partial charge < -0.3 is 20.3 Å². The van der Waals surface area contributed by atoms with E-state index >= 15 is 0 Å². The van der Waals surface area contributed by atoms with Gasteiger partial charge in [-0.3, -0.25) is 4.99 Å². The monoisotopic (exact) mass is 792 g/mol. The Hall–Kier alpha value is -0.721. The summed E-state index contributed by atoms with van der Waals surface area (Å²) in [7, 11) is 0. The summed E-state index contributed by atoms with van der Waals surface area (Å²) in [5, 5.41) is 25.9. The summed E-state index contributed by atoms with van der Waals surface area (Å²) in [6.45, 7) is 6.16. The molecule has 2 aliphatic carbocycles. The first-order chi connectivity index (χ1) is 21.6. The van der Waals surface area contributed by atoms with Crippen LogP contribution >= 0.6 is 11.8 Å². The van der Waals surface area contributed by atoms with Crippen LogP contribution in [0, 0.1) is 36.0 Å². The number of nitrogens with zero attached hydrogens (tertiary/aromatic N) is 2. The van der Waals surface area contributed by atoms with Crippen molar-refractivity contribution in [2.24, 2.45) is 34.6 Å². The van der Waals surface area contributed by atoms with E-state index in [1.165, 1.54) is 36.2 Å². The largest absolute Gasteiger partial charge is 0.651 e. The van der Waals surface area contributed by atoms with Crippen molar-refractivity contribution in [2.75, 3.05) is 0 Å². The van der Waals surface area contributed by atoms with E-state index in [0.717, 1.165) is 68.3 Å². The Labute approximate surface area is 283 Å². The van der Waals surface area contributed by atoms with Crippen molar-refractivity contribution < 1.29 is 39.2 Å². The SMILES string of the molecule is CCC(CC)/C(O)=C/[C@@H](O)C(CC)CC.[2H]C([2H])([2H])C1=NC2OC3=C([C@H]4CC=C5SC6CCCCC6C5[N-]4)[CH-]CC[C@H]3C2CC1.[Ir]. The summed E-state index contributed by atoms with van der Waals surface area (Å²) in [6, 6.07) is 0.592. The van der Waals surface area contributed by atoms with Crippen LogP contribution in [-0.2, 0) is 24.8 Å². The molecular weight excluding hydrogens is 733 g/mol. The molecule has 8 atom stereocenters. The Kier molecular flexibility index (Phi) is 11.7. The van der Waals surface area contributed by atoms with Crippen LogP contribution in [0.3, 0.4) is 0 Å². The molecule has 1 saturated carbocycles. The van der Waals surface area contributed by atoms with Crippen molar-refractivity contribution in [1.29, 1.82) is 0 Å². The van der Waals surface area contributed by atoms with Gasteiger partial charge in [-0.1, -0.05) is 78.3 Å². The van der Waals surface area contributed by atoms with Crippen molar-refractivity contribution in [2.45, 2.75) is 148 Å². The predicted octanol–water partition coefficient (Wildman–Crippen LogP) is 9.45. The molecule has 0 amide bonds. The summed E-state index contributed by atoms with van der Waals surface area (Å²) in [5.41, 5.74) is 1.63. The van der Waals surface area contributed by atoms with Crippen LogP contribution < -0.4 is 0 Å². The van der Waals surface area contributed by atoms with Gasteiger partial charge in [0.15, 0.2) is 6.23 Å². The van der Waals surface area contributed by atoms with E-state index in [9.17, 15) is 10.2 Å². The Morgan fingerprint density at radius 2 is 1.91 bits per heavy atom. The van der Waals surface area contributed by atoms with Gasteiger partial charge >= 0.3 is 0 Å². The minimum Gasteiger partial charge on any atom is -0.651 e. The molecule has 2 saturated heterocycles. The molecule has 5 unspecified atom stereocenters. The average molecular weight is 792 g/mol. The van der Waals surface area contributed by atoms with Gasteiger partial charge in [0.25, 0.3) is 0 Å². The molecule has 2 N–H and O–H groups in total. The number of fused-ring (bicyclic) bond motifs is 6. The molecule has 6 rings (SSSR count). The Balaban J connectivity index is 0.000000259. The number of aliphatic hydroxyl groups excluding tert-OH is 2. The summed E-state index contributed by atoms with van der Waals surface area (Å²) in [5.74, 6) is 3.35. The van der Waals surface area contributed by atoms with Crippen LogP contribution in [-0.4, -0.2) is 45.6 Å². The number of thioether (sulfide) groups is 1. The zero-order valence-electron chi connectivity index (χ0n) is 29.6. The number of rotatable bonds is 8. The van der Waals surface area contributed by atoms with Gasteiger partial charge in [0.1, 0.15) is 0 Å². The molecule has 245 valence electrons. The van der Waals surface area contributed by atoms with Gasteiger partial charge in [-0.25, -0.2) is 6.42 Å². The first-order valence-electron chi connectivity index (χ1n) is 18.6. The molecule has 0 aromatic heterocycles. The maximum Gasteiger partial charge on any atom is 0.171 e. The van der Waals surface area contributed by atoms with E-state index in [-0.39, 0.29) is 44.2 Å². The van der Waals surface area contributed by atoms with Crippen LogP contribution in [0.15, 0.2) is 39.1 Å². The molecule has 4 aliphatic heterocycles. The minimum atomic E-state index is -2.10. The molecule has 43 heavy (non-hydrogen) atoms. The molecule has 3 fully saturated rings. The van der Waals surface area contributed by atoms with E-state index < -0.39 is 13.0 Å². The second-order valence-electron chi connectivity index (χ2n) is 13.2. The van der Waals surface area contributed by atoms with Gasteiger partial charge in [-0.05, 0) is 79.9 Å². The second kappa shape index (κ2) is 16.2. The minimum absolute atomic E-state index is 0. The molecule has 0 aromatic carbocycles. The van der Waals surface area contributed by atoms with Crippen LogP contribution in [0.5, 0.6) is 0 Å². The average Bonchev–Trinajstić information content (AvgIpc) is 3.59. The van der Waals surface area contributed by atoms with E-state index in [0.29, 0.717) is 35.8 Å². The summed E-state index contributed by atoms with van der Waals surface area (Å²) in [6.07, 6.45) is 19.4. The maximum absolute atomic E-state index is 9.88. The molecule has 1 radical (unpaired) electrons. The summed E-state index contributed by atoms with van der Waals surface area (Å²) < 4.78 is 29.6. The zero-order valence-corrected chi connectivity index (χ0v) is 29.8. The molecule has 0 spiro atoms. The van der Waals surface area contributed by atoms with Gasteiger partial charge in [-0.15, -0.1) is 24.2 Å². The maximum atomic E-state index is 9.88. The number of aliphatic imine (C=N–C) groups is 1. The van der Waals surface area contributed by atoms with Gasteiger partial charge in [0, 0.05) is 47.0 Å². The Bertz CT molecular complexity index is 1150. The molecule has 7 heteroatoms. The molecule has 0 bridgehead atoms. The number of allylic oxidation sites excluding steroid dienone is 2. The van der Waals surface area contributed by atoms with Crippen molar-refractivity contribution in [3.05, 3.63) is 45.9 Å². The van der Waals surface area contributed by atoms with E-state index in [1.54, 1.807) is 6.08 Å². The first-order valence-corrected chi connectivity index (χ1v) is 17.9. The smallest absolute Gasteiger partial charge is 0.171 e. The number of ether oxygens (including phenoxy) is 1. The molecule has 0 aromatic rings. The zero-order chi connectivity index (χ0) is 32.3. The van der Waals surface area contributed by atoms with Crippen LogP contribution in [0.4, 0.5) is 0 Å². The third kappa shape index (κ3) is 7.81. The third-order valence-electron chi connectivity index (χ3n) is 10.8. The van der Waals surface area contributed by atoms with Crippen LogP contribution in [0.25, 0.3) is 5.32 Å². The number of hydrogen-bond acceptors (Lipinski definition) is 5. The van der Waals surface area contributed by atoms with Crippen LogP contribution in [0.1, 0.15) is 122 Å². The predicted molar refractivity (Wildman–Crippen MR) is 177 cm³/mol. The number of aliphatic hydroxyl groups is 2. The van der Waals surface area contributed by atoms with E-state index in [1.807, 2.05) is 0 Å². The normalized spacial score (nSPS) is 35.2. The van der Waals surface area contributed by atoms with Gasteiger partial charge in [0.2, 0.25) is 0 Å². The fraction of sp³-hybridized carbons (Fsp3) is 0.778. The molecule has 5 nitrogen and oxygen atoms in total. The molecular formula is C36H56IrN2O3S-2. The summed E-state index contributed by atoms with van der Waals surface area (Å²) in [4.78, 5) is 6.09. The van der Waals surface area contributed by atoms with Crippen molar-refractivity contribution in [1.82, 2.24) is 0 Å². The summed E-state index contributed by atoms with van der Waals surface area (Å²) >= 11 is 2.10. The van der Waals surface area contributed by atoms with Gasteiger partial charge in [-0.2, -0.15) is 5.57 Å². The van der Waals surface area contributed by atoms with Crippen molar-refractivity contribution in [3.63, 3.8) is 0 Å². The fourth-order valence-corrected chi connectivity index (χ4v) is 9.85.